The van der Waals surface area contributed by atoms with E-state index in [2.05, 4.69) is 10.3 Å². The predicted molar refractivity (Wildman–Crippen MR) is 108 cm³/mol. The van der Waals surface area contributed by atoms with E-state index in [4.69, 9.17) is 9.47 Å². The van der Waals surface area contributed by atoms with Crippen LogP contribution in [0.1, 0.15) is 22.8 Å². The summed E-state index contributed by atoms with van der Waals surface area (Å²) < 4.78 is 10.7. The lowest BCUT2D eigenvalue weighted by atomic mass is 10.2. The van der Waals surface area contributed by atoms with Crippen LogP contribution >= 0.6 is 0 Å². The van der Waals surface area contributed by atoms with Crippen LogP contribution in [0.25, 0.3) is 0 Å². The first-order chi connectivity index (χ1) is 13.7. The minimum absolute atomic E-state index is 0.0760. The fraction of sp³-hybridized carbons (Fsp3) is 0.182. The number of amides is 1. The maximum absolute atomic E-state index is 13.0. The Morgan fingerprint density at radius 2 is 1.89 bits per heavy atom. The van der Waals surface area contributed by atoms with Crippen molar-refractivity contribution >= 4 is 17.3 Å². The molecule has 0 spiro atoms. The number of carbonyl (C=O) groups excluding carboxylic acids is 1. The molecule has 142 valence electrons. The minimum Gasteiger partial charge on any atom is -0.454 e. The standard InChI is InChI=1S/C22H21N3O3/c1-2-25(19-6-4-3-5-7-19)22(26)17-11-18(14-23-13-17)24-12-16-8-9-20-21(10-16)28-15-27-20/h3-11,13-14,24H,2,12,15H2,1H3. The van der Waals surface area contributed by atoms with Crippen molar-refractivity contribution in [3.63, 3.8) is 0 Å². The van der Waals surface area contributed by atoms with Gasteiger partial charge in [-0.15, -0.1) is 0 Å². The summed E-state index contributed by atoms with van der Waals surface area (Å²) in [6.45, 7) is 3.39. The molecule has 0 radical (unpaired) electrons. The Balaban J connectivity index is 1.47. The smallest absolute Gasteiger partial charge is 0.259 e. The molecule has 1 aromatic heterocycles. The number of ether oxygens (including phenoxy) is 2. The number of aromatic nitrogens is 1. The van der Waals surface area contributed by atoms with Crippen molar-refractivity contribution in [3.05, 3.63) is 78.1 Å². The molecule has 6 heteroatoms. The van der Waals surface area contributed by atoms with Gasteiger partial charge in [-0.3, -0.25) is 9.78 Å². The SMILES string of the molecule is CCN(C(=O)c1cncc(NCc2ccc3c(c2)OCO3)c1)c1ccccc1. The van der Waals surface area contributed by atoms with Crippen LogP contribution in [-0.4, -0.2) is 24.2 Å². The van der Waals surface area contributed by atoms with Gasteiger partial charge in [0.15, 0.2) is 11.5 Å². The molecule has 28 heavy (non-hydrogen) atoms. The Bertz CT molecular complexity index is 976. The van der Waals surface area contributed by atoms with E-state index in [1.54, 1.807) is 17.3 Å². The molecular formula is C22H21N3O3. The third kappa shape index (κ3) is 3.76. The van der Waals surface area contributed by atoms with Crippen LogP contribution in [0, 0.1) is 0 Å². The number of para-hydroxylation sites is 1. The molecule has 0 unspecified atom stereocenters. The van der Waals surface area contributed by atoms with E-state index in [0.717, 1.165) is 28.4 Å². The first kappa shape index (κ1) is 17.9. The molecule has 0 bridgehead atoms. The van der Waals surface area contributed by atoms with Gasteiger partial charge in [0.2, 0.25) is 6.79 Å². The molecule has 0 aliphatic carbocycles. The fourth-order valence-corrected chi connectivity index (χ4v) is 3.12. The maximum atomic E-state index is 13.0. The predicted octanol–water partition coefficient (Wildman–Crippen LogP) is 4.09. The van der Waals surface area contributed by atoms with Crippen LogP contribution in [0.15, 0.2) is 67.0 Å². The van der Waals surface area contributed by atoms with E-state index in [1.807, 2.05) is 61.5 Å². The Kier molecular flexibility index (Phi) is 5.10. The Hall–Kier alpha value is -3.54. The van der Waals surface area contributed by atoms with Gasteiger partial charge in [-0.25, -0.2) is 0 Å². The molecule has 1 aliphatic rings. The lowest BCUT2D eigenvalue weighted by molar-refractivity contribution is 0.0988. The summed E-state index contributed by atoms with van der Waals surface area (Å²) in [6.07, 6.45) is 3.31. The zero-order valence-electron chi connectivity index (χ0n) is 15.6. The van der Waals surface area contributed by atoms with Gasteiger partial charge in [0.1, 0.15) is 0 Å². The largest absolute Gasteiger partial charge is 0.454 e. The van der Waals surface area contributed by atoms with Gasteiger partial charge >= 0.3 is 0 Å². The summed E-state index contributed by atoms with van der Waals surface area (Å²) in [4.78, 5) is 18.9. The number of nitrogens with zero attached hydrogens (tertiary/aromatic N) is 2. The number of hydrogen-bond donors (Lipinski definition) is 1. The van der Waals surface area contributed by atoms with Gasteiger partial charge < -0.3 is 19.7 Å². The van der Waals surface area contributed by atoms with E-state index in [1.165, 1.54) is 0 Å². The Morgan fingerprint density at radius 1 is 1.07 bits per heavy atom. The van der Waals surface area contributed by atoms with Crippen molar-refractivity contribution in [3.8, 4) is 11.5 Å². The summed E-state index contributed by atoms with van der Waals surface area (Å²) in [5, 5.41) is 3.31. The minimum atomic E-state index is -0.0760. The highest BCUT2D eigenvalue weighted by atomic mass is 16.7. The number of anilines is 2. The van der Waals surface area contributed by atoms with E-state index in [9.17, 15) is 4.79 Å². The molecule has 2 heterocycles. The number of rotatable bonds is 6. The summed E-state index contributed by atoms with van der Waals surface area (Å²) in [5.41, 5.74) is 3.25. The normalized spacial score (nSPS) is 11.9. The highest BCUT2D eigenvalue weighted by molar-refractivity contribution is 6.06. The van der Waals surface area contributed by atoms with Gasteiger partial charge in [0.05, 0.1) is 11.3 Å². The highest BCUT2D eigenvalue weighted by Gasteiger charge is 2.17. The van der Waals surface area contributed by atoms with Crippen LogP contribution < -0.4 is 19.7 Å². The van der Waals surface area contributed by atoms with Crippen molar-refractivity contribution < 1.29 is 14.3 Å². The van der Waals surface area contributed by atoms with Gasteiger partial charge in [0, 0.05) is 31.2 Å². The lowest BCUT2D eigenvalue weighted by Crippen LogP contribution is -2.30. The van der Waals surface area contributed by atoms with Crippen LogP contribution in [0.5, 0.6) is 11.5 Å². The zero-order chi connectivity index (χ0) is 19.3. The molecular weight excluding hydrogens is 354 g/mol. The number of pyridine rings is 1. The number of nitrogens with one attached hydrogen (secondary N) is 1. The molecule has 0 atom stereocenters. The van der Waals surface area contributed by atoms with Gasteiger partial charge in [-0.1, -0.05) is 24.3 Å². The molecule has 0 fully saturated rings. The first-order valence-corrected chi connectivity index (χ1v) is 9.19. The lowest BCUT2D eigenvalue weighted by Gasteiger charge is -2.21. The molecule has 6 nitrogen and oxygen atoms in total. The van der Waals surface area contributed by atoms with Crippen molar-refractivity contribution in [1.29, 1.82) is 0 Å². The average Bonchev–Trinajstić information content (AvgIpc) is 3.21. The summed E-state index contributed by atoms with van der Waals surface area (Å²) >= 11 is 0. The third-order valence-electron chi connectivity index (χ3n) is 4.55. The van der Waals surface area contributed by atoms with Gasteiger partial charge in [0.25, 0.3) is 5.91 Å². The first-order valence-electron chi connectivity index (χ1n) is 9.19. The molecule has 0 saturated heterocycles. The molecule has 3 aromatic rings. The molecule has 4 rings (SSSR count). The second kappa shape index (κ2) is 8.00. The summed E-state index contributed by atoms with van der Waals surface area (Å²) in [6, 6.07) is 17.3. The fourth-order valence-electron chi connectivity index (χ4n) is 3.12. The number of fused-ring (bicyclic) bond motifs is 1. The van der Waals surface area contributed by atoms with Gasteiger partial charge in [-0.05, 0) is 42.8 Å². The highest BCUT2D eigenvalue weighted by Crippen LogP contribution is 2.32. The molecule has 0 saturated carbocycles. The monoisotopic (exact) mass is 375 g/mol. The van der Waals surface area contributed by atoms with Crippen molar-refractivity contribution in [1.82, 2.24) is 4.98 Å². The zero-order valence-corrected chi connectivity index (χ0v) is 15.6. The second-order valence-corrected chi connectivity index (χ2v) is 6.39. The van der Waals surface area contributed by atoms with Crippen molar-refractivity contribution in [2.24, 2.45) is 0 Å². The van der Waals surface area contributed by atoms with Crippen LogP contribution in [-0.2, 0) is 6.54 Å². The number of hydrogen-bond acceptors (Lipinski definition) is 5. The number of benzene rings is 2. The summed E-state index contributed by atoms with van der Waals surface area (Å²) in [5.74, 6) is 1.44. The number of carbonyl (C=O) groups is 1. The van der Waals surface area contributed by atoms with E-state index in [-0.39, 0.29) is 12.7 Å². The molecule has 1 N–H and O–H groups in total. The van der Waals surface area contributed by atoms with Gasteiger partial charge in [-0.2, -0.15) is 0 Å². The molecule has 1 amide bonds. The van der Waals surface area contributed by atoms with Crippen LogP contribution in [0.3, 0.4) is 0 Å². The van der Waals surface area contributed by atoms with E-state index in [0.29, 0.717) is 18.7 Å². The van der Waals surface area contributed by atoms with E-state index >= 15 is 0 Å². The van der Waals surface area contributed by atoms with Crippen molar-refractivity contribution in [2.75, 3.05) is 23.6 Å². The van der Waals surface area contributed by atoms with Crippen LogP contribution in [0.2, 0.25) is 0 Å². The molecule has 2 aromatic carbocycles. The Morgan fingerprint density at radius 3 is 2.71 bits per heavy atom. The quantitative estimate of drug-likeness (QED) is 0.703. The molecule has 1 aliphatic heterocycles. The van der Waals surface area contributed by atoms with Crippen LogP contribution in [0.4, 0.5) is 11.4 Å². The van der Waals surface area contributed by atoms with E-state index < -0.39 is 0 Å². The topological polar surface area (TPSA) is 63.7 Å². The summed E-state index contributed by atoms with van der Waals surface area (Å²) in [7, 11) is 0. The maximum Gasteiger partial charge on any atom is 0.259 e. The average molecular weight is 375 g/mol. The van der Waals surface area contributed by atoms with Crippen molar-refractivity contribution in [2.45, 2.75) is 13.5 Å². The Labute approximate surface area is 163 Å². The second-order valence-electron chi connectivity index (χ2n) is 6.39. The third-order valence-corrected chi connectivity index (χ3v) is 4.55.